The smallest absolute Gasteiger partial charge is 0.143 e. The van der Waals surface area contributed by atoms with Gasteiger partial charge in [-0.05, 0) is 52.2 Å². The number of nitrogen functional groups attached to an aromatic ring is 1. The van der Waals surface area contributed by atoms with E-state index < -0.39 is 0 Å². The Morgan fingerprint density at radius 3 is 2.56 bits per heavy atom. The summed E-state index contributed by atoms with van der Waals surface area (Å²) < 4.78 is 1.04. The summed E-state index contributed by atoms with van der Waals surface area (Å²) in [6, 6.07) is 9.90. The number of hydrogen-bond donors (Lipinski definition) is 1. The van der Waals surface area contributed by atoms with E-state index >= 15 is 0 Å². The van der Waals surface area contributed by atoms with Crippen molar-refractivity contribution in [2.24, 2.45) is 0 Å². The SMILES string of the molecule is Cc1ccnc(N(C)Cc2ccc(N)cc2)c1Br. The van der Waals surface area contributed by atoms with Gasteiger partial charge in [-0.25, -0.2) is 4.98 Å². The van der Waals surface area contributed by atoms with Crippen LogP contribution in [-0.4, -0.2) is 12.0 Å². The summed E-state index contributed by atoms with van der Waals surface area (Å²) in [6.07, 6.45) is 1.83. The fourth-order valence-electron chi connectivity index (χ4n) is 1.76. The molecule has 2 N–H and O–H groups in total. The number of hydrogen-bond acceptors (Lipinski definition) is 3. The van der Waals surface area contributed by atoms with E-state index in [9.17, 15) is 0 Å². The Morgan fingerprint density at radius 2 is 1.89 bits per heavy atom. The van der Waals surface area contributed by atoms with Gasteiger partial charge in [-0.3, -0.25) is 0 Å². The van der Waals surface area contributed by atoms with E-state index in [1.807, 2.05) is 43.6 Å². The van der Waals surface area contributed by atoms with Crippen LogP contribution >= 0.6 is 15.9 Å². The zero-order valence-corrected chi connectivity index (χ0v) is 12.1. The van der Waals surface area contributed by atoms with Gasteiger partial charge < -0.3 is 10.6 Å². The molecule has 4 heteroatoms. The lowest BCUT2D eigenvalue weighted by Gasteiger charge is -2.20. The van der Waals surface area contributed by atoms with Gasteiger partial charge in [-0.15, -0.1) is 0 Å². The highest BCUT2D eigenvalue weighted by Gasteiger charge is 2.09. The zero-order valence-electron chi connectivity index (χ0n) is 10.5. The van der Waals surface area contributed by atoms with Gasteiger partial charge in [0.25, 0.3) is 0 Å². The number of benzene rings is 1. The van der Waals surface area contributed by atoms with Crippen LogP contribution < -0.4 is 10.6 Å². The van der Waals surface area contributed by atoms with Gasteiger partial charge in [0.2, 0.25) is 0 Å². The molecule has 0 bridgehead atoms. The second-order valence-corrected chi connectivity index (χ2v) is 5.16. The molecule has 2 rings (SSSR count). The molecule has 0 saturated heterocycles. The molecule has 0 aliphatic carbocycles. The number of pyridine rings is 1. The summed E-state index contributed by atoms with van der Waals surface area (Å²) in [5.74, 6) is 0.951. The van der Waals surface area contributed by atoms with Crippen LogP contribution in [0.15, 0.2) is 41.0 Å². The minimum Gasteiger partial charge on any atom is -0.399 e. The largest absolute Gasteiger partial charge is 0.399 e. The standard InChI is InChI=1S/C14H16BrN3/c1-10-7-8-17-14(13(10)15)18(2)9-11-3-5-12(16)6-4-11/h3-8H,9,16H2,1-2H3. The number of halogens is 1. The molecule has 2 aromatic rings. The van der Waals surface area contributed by atoms with Crippen LogP contribution in [0.25, 0.3) is 0 Å². The maximum Gasteiger partial charge on any atom is 0.143 e. The lowest BCUT2D eigenvalue weighted by atomic mass is 10.2. The Hall–Kier alpha value is -1.55. The molecule has 0 unspecified atom stereocenters. The predicted octanol–water partition coefficient (Wildman–Crippen LogP) is 3.37. The van der Waals surface area contributed by atoms with Crippen molar-refractivity contribution in [1.29, 1.82) is 0 Å². The van der Waals surface area contributed by atoms with Crippen molar-refractivity contribution in [3.8, 4) is 0 Å². The van der Waals surface area contributed by atoms with Gasteiger partial charge in [0.15, 0.2) is 0 Å². The molecule has 1 aromatic heterocycles. The Labute approximate surface area is 116 Å². The molecular weight excluding hydrogens is 290 g/mol. The molecule has 0 aliphatic heterocycles. The first-order valence-electron chi connectivity index (χ1n) is 5.74. The van der Waals surface area contributed by atoms with Crippen LogP contribution in [0.3, 0.4) is 0 Å². The summed E-state index contributed by atoms with van der Waals surface area (Å²) in [4.78, 5) is 6.52. The van der Waals surface area contributed by atoms with Crippen LogP contribution in [0.2, 0.25) is 0 Å². The predicted molar refractivity (Wildman–Crippen MR) is 79.6 cm³/mol. The summed E-state index contributed by atoms with van der Waals surface area (Å²) >= 11 is 3.58. The monoisotopic (exact) mass is 305 g/mol. The summed E-state index contributed by atoms with van der Waals surface area (Å²) in [5, 5.41) is 0. The lowest BCUT2D eigenvalue weighted by molar-refractivity contribution is 0.892. The molecule has 0 saturated carbocycles. The molecule has 18 heavy (non-hydrogen) atoms. The molecule has 0 atom stereocenters. The third-order valence-electron chi connectivity index (χ3n) is 2.82. The van der Waals surface area contributed by atoms with Crippen molar-refractivity contribution in [2.75, 3.05) is 17.7 Å². The normalized spacial score (nSPS) is 10.4. The highest BCUT2D eigenvalue weighted by molar-refractivity contribution is 9.10. The Balaban J connectivity index is 2.19. The molecule has 0 aliphatic rings. The van der Waals surface area contributed by atoms with Crippen LogP contribution in [-0.2, 0) is 6.54 Å². The maximum atomic E-state index is 5.68. The van der Waals surface area contributed by atoms with E-state index in [2.05, 4.69) is 32.7 Å². The van der Waals surface area contributed by atoms with E-state index in [1.165, 1.54) is 11.1 Å². The Kier molecular flexibility index (Phi) is 3.87. The van der Waals surface area contributed by atoms with Gasteiger partial charge >= 0.3 is 0 Å². The van der Waals surface area contributed by atoms with Crippen LogP contribution in [0.1, 0.15) is 11.1 Å². The Morgan fingerprint density at radius 1 is 1.22 bits per heavy atom. The van der Waals surface area contributed by atoms with E-state index in [-0.39, 0.29) is 0 Å². The van der Waals surface area contributed by atoms with Crippen molar-refractivity contribution in [3.63, 3.8) is 0 Å². The maximum absolute atomic E-state index is 5.68. The topological polar surface area (TPSA) is 42.2 Å². The number of aryl methyl sites for hydroxylation is 1. The quantitative estimate of drug-likeness (QED) is 0.884. The number of aromatic nitrogens is 1. The zero-order chi connectivity index (χ0) is 13.1. The summed E-state index contributed by atoms with van der Waals surface area (Å²) in [6.45, 7) is 2.86. The van der Waals surface area contributed by atoms with E-state index in [0.717, 1.165) is 22.5 Å². The second-order valence-electron chi connectivity index (χ2n) is 4.36. The molecule has 94 valence electrons. The molecule has 1 heterocycles. The van der Waals surface area contributed by atoms with Crippen molar-refractivity contribution in [1.82, 2.24) is 4.98 Å². The fraction of sp³-hybridized carbons (Fsp3) is 0.214. The minimum absolute atomic E-state index is 0.788. The first-order chi connectivity index (χ1) is 8.58. The molecule has 0 radical (unpaired) electrons. The van der Waals surface area contributed by atoms with Crippen LogP contribution in [0.4, 0.5) is 11.5 Å². The van der Waals surface area contributed by atoms with Crippen molar-refractivity contribution >= 4 is 27.4 Å². The highest BCUT2D eigenvalue weighted by atomic mass is 79.9. The molecule has 3 nitrogen and oxygen atoms in total. The number of rotatable bonds is 3. The van der Waals surface area contributed by atoms with Gasteiger partial charge in [0.1, 0.15) is 5.82 Å². The highest BCUT2D eigenvalue weighted by Crippen LogP contribution is 2.26. The third-order valence-corrected chi connectivity index (χ3v) is 3.80. The van der Waals surface area contributed by atoms with Gasteiger partial charge in [0, 0.05) is 25.5 Å². The van der Waals surface area contributed by atoms with Crippen molar-refractivity contribution in [2.45, 2.75) is 13.5 Å². The average molecular weight is 306 g/mol. The molecule has 0 spiro atoms. The summed E-state index contributed by atoms with van der Waals surface area (Å²) in [5.41, 5.74) is 8.86. The molecule has 0 fully saturated rings. The van der Waals surface area contributed by atoms with Crippen LogP contribution in [0, 0.1) is 6.92 Å². The molecular formula is C14H16BrN3. The van der Waals surface area contributed by atoms with Crippen molar-refractivity contribution in [3.05, 3.63) is 52.1 Å². The summed E-state index contributed by atoms with van der Waals surface area (Å²) in [7, 11) is 2.03. The fourth-order valence-corrected chi connectivity index (χ4v) is 2.30. The number of nitrogens with two attached hydrogens (primary N) is 1. The Bertz CT molecular complexity index is 537. The molecule has 0 amide bonds. The third kappa shape index (κ3) is 2.82. The van der Waals surface area contributed by atoms with Crippen molar-refractivity contribution < 1.29 is 0 Å². The number of nitrogens with zero attached hydrogens (tertiary/aromatic N) is 2. The lowest BCUT2D eigenvalue weighted by Crippen LogP contribution is -2.18. The van der Waals surface area contributed by atoms with Gasteiger partial charge in [-0.2, -0.15) is 0 Å². The van der Waals surface area contributed by atoms with E-state index in [1.54, 1.807) is 0 Å². The first-order valence-corrected chi connectivity index (χ1v) is 6.54. The second kappa shape index (κ2) is 5.40. The first kappa shape index (κ1) is 12.9. The van der Waals surface area contributed by atoms with Gasteiger partial charge in [-0.1, -0.05) is 12.1 Å². The average Bonchev–Trinajstić information content (AvgIpc) is 2.35. The van der Waals surface area contributed by atoms with E-state index in [4.69, 9.17) is 5.73 Å². The molecule has 1 aromatic carbocycles. The van der Waals surface area contributed by atoms with Crippen LogP contribution in [0.5, 0.6) is 0 Å². The van der Waals surface area contributed by atoms with Gasteiger partial charge in [0.05, 0.1) is 4.47 Å². The number of anilines is 2. The minimum atomic E-state index is 0.788. The van der Waals surface area contributed by atoms with E-state index in [0.29, 0.717) is 0 Å².